The second-order valence-electron chi connectivity index (χ2n) is 4.08. The summed E-state index contributed by atoms with van der Waals surface area (Å²) in [6.07, 6.45) is 0.299. The molecule has 8 heteroatoms. The van der Waals surface area contributed by atoms with E-state index in [0.717, 1.165) is 5.56 Å². The number of benzene rings is 1. The lowest BCUT2D eigenvalue weighted by Crippen LogP contribution is -2.20. The highest BCUT2D eigenvalue weighted by atomic mass is 32.2. The highest BCUT2D eigenvalue weighted by molar-refractivity contribution is 7.92. The van der Waals surface area contributed by atoms with E-state index in [1.54, 1.807) is 31.2 Å². The zero-order valence-electron chi connectivity index (χ0n) is 11.2. The number of nitrogens with zero attached hydrogens (tertiary/aromatic N) is 1. The van der Waals surface area contributed by atoms with Crippen LogP contribution in [0.1, 0.15) is 12.5 Å². The molecule has 0 atom stereocenters. The summed E-state index contributed by atoms with van der Waals surface area (Å²) in [6, 6.07) is 6.66. The number of amidine groups is 1. The molecular formula is C12H19N3O4S. The lowest BCUT2D eigenvalue weighted by molar-refractivity contribution is 0.163. The number of ether oxygens (including phenoxy) is 1. The van der Waals surface area contributed by atoms with Crippen LogP contribution in [-0.4, -0.2) is 38.4 Å². The minimum Gasteiger partial charge on any atom is -0.409 e. The van der Waals surface area contributed by atoms with E-state index in [1.807, 2.05) is 0 Å². The van der Waals surface area contributed by atoms with Gasteiger partial charge in [0.2, 0.25) is 10.0 Å². The fourth-order valence-electron chi connectivity index (χ4n) is 1.48. The predicted octanol–water partition coefficient (Wildman–Crippen LogP) is 0.754. The van der Waals surface area contributed by atoms with E-state index in [1.165, 1.54) is 0 Å². The van der Waals surface area contributed by atoms with Crippen LogP contribution < -0.4 is 10.5 Å². The van der Waals surface area contributed by atoms with E-state index >= 15 is 0 Å². The summed E-state index contributed by atoms with van der Waals surface area (Å²) >= 11 is 0. The summed E-state index contributed by atoms with van der Waals surface area (Å²) in [7, 11) is -3.41. The number of nitrogens with one attached hydrogen (secondary N) is 1. The molecule has 0 aliphatic rings. The van der Waals surface area contributed by atoms with Crippen LogP contribution >= 0.6 is 0 Å². The number of nitrogens with two attached hydrogens (primary N) is 1. The van der Waals surface area contributed by atoms with Crippen molar-refractivity contribution in [3.05, 3.63) is 29.8 Å². The van der Waals surface area contributed by atoms with Crippen LogP contribution in [0.5, 0.6) is 0 Å². The summed E-state index contributed by atoms with van der Waals surface area (Å²) in [5.41, 5.74) is 6.67. The van der Waals surface area contributed by atoms with E-state index < -0.39 is 10.0 Å². The minimum absolute atomic E-state index is 0.0906. The Morgan fingerprint density at radius 1 is 1.40 bits per heavy atom. The van der Waals surface area contributed by atoms with Gasteiger partial charge in [0.05, 0.1) is 12.4 Å². The van der Waals surface area contributed by atoms with E-state index in [0.29, 0.717) is 18.7 Å². The van der Waals surface area contributed by atoms with Gasteiger partial charge < -0.3 is 15.7 Å². The summed E-state index contributed by atoms with van der Waals surface area (Å²) in [6.45, 7) is 2.45. The molecule has 7 nitrogen and oxygen atoms in total. The summed E-state index contributed by atoms with van der Waals surface area (Å²) < 4.78 is 30.9. The number of hydrogen-bond donors (Lipinski definition) is 3. The molecule has 0 heterocycles. The number of oxime groups is 1. The molecule has 20 heavy (non-hydrogen) atoms. The van der Waals surface area contributed by atoms with Gasteiger partial charge in [0.15, 0.2) is 0 Å². The Morgan fingerprint density at radius 2 is 2.05 bits per heavy atom. The fraction of sp³-hybridized carbons (Fsp3) is 0.417. The summed E-state index contributed by atoms with van der Waals surface area (Å²) in [5.74, 6) is 0.00207. The normalized spacial score (nSPS) is 12.3. The molecular weight excluding hydrogens is 282 g/mol. The summed E-state index contributed by atoms with van der Waals surface area (Å²) in [4.78, 5) is 0. The molecule has 4 N–H and O–H groups in total. The monoisotopic (exact) mass is 301 g/mol. The van der Waals surface area contributed by atoms with Crippen molar-refractivity contribution >= 4 is 21.5 Å². The number of anilines is 1. The minimum atomic E-state index is -3.41. The first-order chi connectivity index (χ1) is 9.46. The molecule has 0 radical (unpaired) electrons. The Hall–Kier alpha value is -1.80. The lowest BCUT2D eigenvalue weighted by atomic mass is 10.1. The van der Waals surface area contributed by atoms with Crippen molar-refractivity contribution in [2.24, 2.45) is 10.9 Å². The fourth-order valence-corrected chi connectivity index (χ4v) is 2.41. The molecule has 0 aliphatic carbocycles. The third-order valence-electron chi connectivity index (χ3n) is 2.44. The molecule has 0 saturated heterocycles. The van der Waals surface area contributed by atoms with Crippen LogP contribution in [0.3, 0.4) is 0 Å². The third-order valence-corrected chi connectivity index (χ3v) is 3.69. The van der Waals surface area contributed by atoms with Gasteiger partial charge in [-0.15, -0.1) is 0 Å². The standard InChI is InChI=1S/C12H19N3O4S/c1-2-19-7-8-20(17,18)15-11-5-3-10(4-6-11)9-12(13)14-16/h3-6,15-16H,2,7-9H2,1H3,(H2,13,14). The third kappa shape index (κ3) is 5.89. The predicted molar refractivity (Wildman–Crippen MR) is 77.5 cm³/mol. The first-order valence-electron chi connectivity index (χ1n) is 6.10. The van der Waals surface area contributed by atoms with Gasteiger partial charge in [-0.2, -0.15) is 0 Å². The van der Waals surface area contributed by atoms with Gasteiger partial charge in [0, 0.05) is 18.7 Å². The molecule has 112 valence electrons. The lowest BCUT2D eigenvalue weighted by Gasteiger charge is -2.08. The summed E-state index contributed by atoms with van der Waals surface area (Å²) in [5, 5.41) is 11.3. The Morgan fingerprint density at radius 3 is 2.60 bits per heavy atom. The van der Waals surface area contributed by atoms with Crippen LogP contribution in [-0.2, 0) is 21.2 Å². The molecule has 0 unspecified atom stereocenters. The number of hydrogen-bond acceptors (Lipinski definition) is 5. The topological polar surface area (TPSA) is 114 Å². The van der Waals surface area contributed by atoms with Gasteiger partial charge in [0.25, 0.3) is 0 Å². The maximum absolute atomic E-state index is 11.7. The molecule has 0 saturated carbocycles. The first kappa shape index (κ1) is 16.3. The van der Waals surface area contributed by atoms with E-state index in [9.17, 15) is 8.42 Å². The Balaban J connectivity index is 2.60. The second kappa shape index (κ2) is 7.71. The first-order valence-corrected chi connectivity index (χ1v) is 7.75. The van der Waals surface area contributed by atoms with E-state index in [-0.39, 0.29) is 18.2 Å². The van der Waals surface area contributed by atoms with Gasteiger partial charge in [0.1, 0.15) is 5.84 Å². The molecule has 0 spiro atoms. The maximum atomic E-state index is 11.7. The zero-order valence-corrected chi connectivity index (χ0v) is 12.1. The molecule has 0 aliphatic heterocycles. The van der Waals surface area contributed by atoms with Crippen LogP contribution in [0.15, 0.2) is 29.4 Å². The number of sulfonamides is 1. The molecule has 1 aromatic rings. The van der Waals surface area contributed by atoms with Crippen molar-refractivity contribution in [3.63, 3.8) is 0 Å². The van der Waals surface area contributed by atoms with Crippen molar-refractivity contribution in [1.29, 1.82) is 0 Å². The SMILES string of the molecule is CCOCCS(=O)(=O)Nc1ccc(CC(N)=NO)cc1. The Bertz CT molecular complexity index is 540. The second-order valence-corrected chi connectivity index (χ2v) is 5.92. The molecule has 0 bridgehead atoms. The van der Waals surface area contributed by atoms with Gasteiger partial charge in [-0.25, -0.2) is 8.42 Å². The largest absolute Gasteiger partial charge is 0.409 e. The van der Waals surface area contributed by atoms with Crippen molar-refractivity contribution in [1.82, 2.24) is 0 Å². The molecule has 0 amide bonds. The van der Waals surface area contributed by atoms with Crippen LogP contribution in [0.4, 0.5) is 5.69 Å². The highest BCUT2D eigenvalue weighted by Gasteiger charge is 2.10. The molecule has 1 rings (SSSR count). The number of rotatable bonds is 8. The molecule has 1 aromatic carbocycles. The maximum Gasteiger partial charge on any atom is 0.234 e. The smallest absolute Gasteiger partial charge is 0.234 e. The van der Waals surface area contributed by atoms with E-state index in [2.05, 4.69) is 9.88 Å². The van der Waals surface area contributed by atoms with Gasteiger partial charge >= 0.3 is 0 Å². The van der Waals surface area contributed by atoms with Crippen LogP contribution in [0, 0.1) is 0 Å². The van der Waals surface area contributed by atoms with Crippen LogP contribution in [0.2, 0.25) is 0 Å². The zero-order chi connectivity index (χ0) is 15.0. The van der Waals surface area contributed by atoms with Crippen molar-refractivity contribution < 1.29 is 18.4 Å². The van der Waals surface area contributed by atoms with Crippen molar-refractivity contribution in [2.45, 2.75) is 13.3 Å². The van der Waals surface area contributed by atoms with E-state index in [4.69, 9.17) is 15.7 Å². The van der Waals surface area contributed by atoms with Gasteiger partial charge in [-0.05, 0) is 24.6 Å². The van der Waals surface area contributed by atoms with Crippen molar-refractivity contribution in [3.8, 4) is 0 Å². The van der Waals surface area contributed by atoms with Crippen LogP contribution in [0.25, 0.3) is 0 Å². The molecule has 0 aromatic heterocycles. The average Bonchev–Trinajstić information content (AvgIpc) is 2.40. The quantitative estimate of drug-likeness (QED) is 0.215. The van der Waals surface area contributed by atoms with Gasteiger partial charge in [-0.3, -0.25) is 4.72 Å². The van der Waals surface area contributed by atoms with Crippen molar-refractivity contribution in [2.75, 3.05) is 23.7 Å². The highest BCUT2D eigenvalue weighted by Crippen LogP contribution is 2.12. The Kier molecular flexibility index (Phi) is 6.26. The Labute approximate surface area is 118 Å². The molecule has 0 fully saturated rings. The van der Waals surface area contributed by atoms with Gasteiger partial charge in [-0.1, -0.05) is 17.3 Å². The average molecular weight is 301 g/mol.